The predicted octanol–water partition coefficient (Wildman–Crippen LogP) is 6.05. The van der Waals surface area contributed by atoms with Gasteiger partial charge >= 0.3 is 11.9 Å². The number of rotatable bonds is 18. The van der Waals surface area contributed by atoms with Gasteiger partial charge in [-0.15, -0.1) is 0 Å². The molecule has 0 aromatic heterocycles. The summed E-state index contributed by atoms with van der Waals surface area (Å²) in [6.07, 6.45) is 2.96. The number of cyclic esters (lactones) is 2. The lowest BCUT2D eigenvalue weighted by molar-refractivity contribution is -0.346. The minimum atomic E-state index is -1.93. The molecule has 0 aliphatic carbocycles. The molecule has 4 fully saturated rings. The van der Waals surface area contributed by atoms with Crippen molar-refractivity contribution < 1.29 is 93.4 Å². The van der Waals surface area contributed by atoms with Gasteiger partial charge in [-0.25, -0.2) is 9.59 Å². The van der Waals surface area contributed by atoms with Crippen LogP contribution in [0.3, 0.4) is 0 Å². The molecule has 9 N–H and O–H groups in total. The van der Waals surface area contributed by atoms with E-state index in [1.165, 1.54) is 12.2 Å². The van der Waals surface area contributed by atoms with Gasteiger partial charge in [0.05, 0.1) is 54.9 Å². The van der Waals surface area contributed by atoms with Crippen LogP contribution in [0, 0.1) is 35.5 Å². The van der Waals surface area contributed by atoms with Gasteiger partial charge in [-0.3, -0.25) is 0 Å². The monoisotopic (exact) mass is 1150 g/mol. The number of carbonyl (C=O) groups excluding carboxylic acids is 2. The second kappa shape index (κ2) is 31.3. The van der Waals surface area contributed by atoms with E-state index in [1.807, 2.05) is 84.9 Å². The number of aliphatic hydroxyl groups is 9. The standard InChI is InChI=1S/C62H100O19/c1-13-40-21-19-23-42(15-3)58(34(7)47(64)30-61(72)32-49(44(17-5)36(9)80-61)76-53-29-46(63)54(68)38(11)74-53)78-51(66)27-25-41(14-2)22-20-24-43(16-4)59(79-52(67)28-26-40)35(8)48(65)31-62(73)33-50(45(18-6)37(10)81-62)77-60-57(71)56(70)55(69)39(12)75-60/h19-28,34-39,42-50,53-60,63-65,68-73H,13-18,29-33H2,1-12H3/b23-19+,24-20-,27-25+,28-26+,40-21-,41-22+/t34-,35-,36-,37-,38-,39+,42-,43-,44-,45-,46-,47-,48-,49-,50-,53+,54-,55+,56-,57+,58-,59-,60-,61+,62+/m1/s1. The third-order valence-corrected chi connectivity index (χ3v) is 17.7. The maximum Gasteiger partial charge on any atom is 0.331 e. The molecule has 462 valence electrons. The van der Waals surface area contributed by atoms with Crippen LogP contribution in [-0.2, 0) is 47.5 Å². The first-order valence-electron chi connectivity index (χ1n) is 30.0. The summed E-state index contributed by atoms with van der Waals surface area (Å²) < 4.78 is 49.3. The highest BCUT2D eigenvalue weighted by molar-refractivity contribution is 5.83. The Morgan fingerprint density at radius 1 is 0.568 bits per heavy atom. The van der Waals surface area contributed by atoms with E-state index in [2.05, 4.69) is 0 Å². The van der Waals surface area contributed by atoms with Crippen molar-refractivity contribution in [3.05, 3.63) is 71.9 Å². The van der Waals surface area contributed by atoms with Crippen LogP contribution in [-0.4, -0.2) is 174 Å². The molecule has 0 bridgehead atoms. The van der Waals surface area contributed by atoms with Crippen molar-refractivity contribution in [3.8, 4) is 0 Å². The highest BCUT2D eigenvalue weighted by Crippen LogP contribution is 2.43. The summed E-state index contributed by atoms with van der Waals surface area (Å²) in [6, 6.07) is 0. The fourth-order valence-electron chi connectivity index (χ4n) is 12.4. The van der Waals surface area contributed by atoms with Crippen molar-refractivity contribution in [1.29, 1.82) is 0 Å². The van der Waals surface area contributed by atoms with Crippen molar-refractivity contribution in [2.45, 2.75) is 269 Å². The van der Waals surface area contributed by atoms with Gasteiger partial charge in [-0.1, -0.05) is 104 Å². The van der Waals surface area contributed by atoms with Crippen LogP contribution in [0.1, 0.15) is 154 Å². The average molecular weight is 1150 g/mol. The van der Waals surface area contributed by atoms with Gasteiger partial charge in [-0.2, -0.15) is 0 Å². The highest BCUT2D eigenvalue weighted by Gasteiger charge is 2.52. The third-order valence-electron chi connectivity index (χ3n) is 17.7. The molecule has 0 aromatic carbocycles. The van der Waals surface area contributed by atoms with E-state index >= 15 is 0 Å². The SMILES string of the molecule is CCC1=C/C=C/[C@@H](CC)[C@@H]([C@H](C)[C@H](O)C[C@@]2(O)C[C@@H](O[C@H]3C[C@@H](O)[C@H](O)[C@@H](C)O3)[C@H](CC)[C@@H](C)O2)OC(=O)/C=C/C(CC)=C/C=C\[C@@H](CC)[C@@H]([C@H](C)[C@H](O)C[C@@]2(O)C[C@@H](O[C@H]3O[C@@H](C)[C@H](O)[C@@H](O)[C@@H]3O)[C@H](CC)[C@@H](C)O2)OC(=O)\C=C\1. The molecule has 5 heterocycles. The average Bonchev–Trinajstić information content (AvgIpc) is 3.40. The van der Waals surface area contributed by atoms with Gasteiger partial charge in [0.2, 0.25) is 0 Å². The van der Waals surface area contributed by atoms with Gasteiger partial charge in [0.1, 0.15) is 36.6 Å². The normalized spacial score (nSPS) is 44.1. The van der Waals surface area contributed by atoms with Crippen molar-refractivity contribution in [2.24, 2.45) is 35.5 Å². The summed E-state index contributed by atoms with van der Waals surface area (Å²) in [5.74, 6) is -7.80. The topological polar surface area (TPSA) is 290 Å². The van der Waals surface area contributed by atoms with Crippen molar-refractivity contribution in [1.82, 2.24) is 0 Å². The molecule has 0 saturated carbocycles. The molecule has 19 nitrogen and oxygen atoms in total. The van der Waals surface area contributed by atoms with E-state index < -0.39 is 151 Å². The van der Waals surface area contributed by atoms with Gasteiger partial charge < -0.3 is 83.9 Å². The number of carbonyl (C=O) groups is 2. The number of hydrogen-bond donors (Lipinski definition) is 9. The van der Waals surface area contributed by atoms with Crippen molar-refractivity contribution >= 4 is 11.9 Å². The lowest BCUT2D eigenvalue weighted by Gasteiger charge is -2.48. The molecular formula is C62H100O19. The minimum Gasteiger partial charge on any atom is -0.458 e. The molecule has 25 atom stereocenters. The van der Waals surface area contributed by atoms with Gasteiger partial charge in [0.15, 0.2) is 24.2 Å². The van der Waals surface area contributed by atoms with E-state index in [0.29, 0.717) is 38.5 Å². The Kier molecular flexibility index (Phi) is 26.5. The maximum absolute atomic E-state index is 13.9. The number of allylic oxidation sites excluding steroid dienone is 8. The number of hydrogen-bond acceptors (Lipinski definition) is 19. The quantitative estimate of drug-likeness (QED) is 0.0706. The van der Waals surface area contributed by atoms with E-state index in [0.717, 1.165) is 11.1 Å². The first-order valence-corrected chi connectivity index (χ1v) is 30.0. The fourth-order valence-corrected chi connectivity index (χ4v) is 12.4. The molecule has 0 amide bonds. The van der Waals surface area contributed by atoms with Crippen LogP contribution in [0.15, 0.2) is 71.9 Å². The van der Waals surface area contributed by atoms with Crippen molar-refractivity contribution in [2.75, 3.05) is 0 Å². The number of esters is 2. The molecule has 5 aliphatic rings. The fraction of sp³-hybridized carbons (Fsp3) is 0.774. The molecule has 0 radical (unpaired) electrons. The van der Waals surface area contributed by atoms with E-state index in [-0.39, 0.29) is 43.9 Å². The lowest BCUT2D eigenvalue weighted by atomic mass is 9.80. The summed E-state index contributed by atoms with van der Waals surface area (Å²) in [4.78, 5) is 27.8. The lowest BCUT2D eigenvalue weighted by Crippen LogP contribution is -2.60. The largest absolute Gasteiger partial charge is 0.458 e. The number of aliphatic hydroxyl groups excluding tert-OH is 7. The summed E-state index contributed by atoms with van der Waals surface area (Å²) in [7, 11) is 0. The molecule has 4 saturated heterocycles. The zero-order valence-electron chi connectivity index (χ0n) is 49.9. The van der Waals surface area contributed by atoms with Crippen molar-refractivity contribution in [3.63, 3.8) is 0 Å². The molecule has 0 spiro atoms. The Balaban J connectivity index is 1.38. The van der Waals surface area contributed by atoms with Gasteiger partial charge in [-0.05, 0) is 77.4 Å². The zero-order chi connectivity index (χ0) is 60.1. The van der Waals surface area contributed by atoms with E-state index in [1.54, 1.807) is 46.8 Å². The van der Waals surface area contributed by atoms with E-state index in [9.17, 15) is 55.5 Å². The second-order valence-electron chi connectivity index (χ2n) is 23.5. The van der Waals surface area contributed by atoms with E-state index in [4.69, 9.17) is 37.9 Å². The molecule has 81 heavy (non-hydrogen) atoms. The van der Waals surface area contributed by atoms with Gasteiger partial charge in [0, 0.05) is 79.8 Å². The van der Waals surface area contributed by atoms with Crippen LogP contribution in [0.2, 0.25) is 0 Å². The molecular weight excluding hydrogens is 1050 g/mol. The van der Waals surface area contributed by atoms with Crippen LogP contribution >= 0.6 is 0 Å². The zero-order valence-corrected chi connectivity index (χ0v) is 49.9. The summed E-state index contributed by atoms with van der Waals surface area (Å²) in [6.45, 7) is 22.0. The number of ether oxygens (including phenoxy) is 8. The summed E-state index contributed by atoms with van der Waals surface area (Å²) in [5.41, 5.74) is 1.52. The highest BCUT2D eigenvalue weighted by atomic mass is 16.7. The van der Waals surface area contributed by atoms with Crippen LogP contribution < -0.4 is 0 Å². The molecule has 0 unspecified atom stereocenters. The third kappa shape index (κ3) is 18.4. The Hall–Kier alpha value is -3.22. The van der Waals surface area contributed by atoms with Crippen LogP contribution in [0.5, 0.6) is 0 Å². The molecule has 19 heteroatoms. The van der Waals surface area contributed by atoms with Crippen LogP contribution in [0.4, 0.5) is 0 Å². The minimum absolute atomic E-state index is 0.00838. The summed E-state index contributed by atoms with van der Waals surface area (Å²) in [5, 5.41) is 101. The Morgan fingerprint density at radius 2 is 1.00 bits per heavy atom. The second-order valence-corrected chi connectivity index (χ2v) is 23.5. The smallest absolute Gasteiger partial charge is 0.331 e. The first-order chi connectivity index (χ1) is 38.2. The van der Waals surface area contributed by atoms with Crippen LogP contribution in [0.25, 0.3) is 0 Å². The summed E-state index contributed by atoms with van der Waals surface area (Å²) >= 11 is 0. The molecule has 5 rings (SSSR count). The van der Waals surface area contributed by atoms with Gasteiger partial charge in [0.25, 0.3) is 0 Å². The Bertz CT molecular complexity index is 2150. The Morgan fingerprint density at radius 3 is 1.41 bits per heavy atom. The molecule has 0 aromatic rings. The molecule has 5 aliphatic heterocycles. The first kappa shape index (κ1) is 68.6. The Labute approximate surface area is 480 Å². The predicted molar refractivity (Wildman–Crippen MR) is 301 cm³/mol. The maximum atomic E-state index is 13.9.